The number of nitro benzene ring substituents is 1. The number of benzene rings is 1. The smallest absolute Gasteiger partial charge is 0.274 e. The molecule has 0 aliphatic rings. The standard InChI is InChI=1S/C12H16N2O2/c1-4-9(2)13-10(3)11-7-5-6-8-12(11)14(15)16/h4-10,13H,1H2,2-3H3. The van der Waals surface area contributed by atoms with Gasteiger partial charge in [-0.1, -0.05) is 24.3 Å². The molecule has 0 aromatic heterocycles. The molecule has 1 rings (SSSR count). The zero-order chi connectivity index (χ0) is 12.1. The van der Waals surface area contributed by atoms with Crippen LogP contribution >= 0.6 is 0 Å². The maximum Gasteiger partial charge on any atom is 0.274 e. The van der Waals surface area contributed by atoms with E-state index in [1.165, 1.54) is 6.07 Å². The molecule has 1 aromatic rings. The first-order valence-corrected chi connectivity index (χ1v) is 5.18. The lowest BCUT2D eigenvalue weighted by Crippen LogP contribution is -2.27. The van der Waals surface area contributed by atoms with Crippen LogP contribution in [0.1, 0.15) is 25.5 Å². The second kappa shape index (κ2) is 5.42. The lowest BCUT2D eigenvalue weighted by Gasteiger charge is -2.17. The van der Waals surface area contributed by atoms with Crippen LogP contribution in [0.25, 0.3) is 0 Å². The maximum absolute atomic E-state index is 10.8. The van der Waals surface area contributed by atoms with Crippen molar-refractivity contribution < 1.29 is 4.92 Å². The van der Waals surface area contributed by atoms with Crippen LogP contribution in [0.15, 0.2) is 36.9 Å². The maximum atomic E-state index is 10.8. The lowest BCUT2D eigenvalue weighted by atomic mass is 10.1. The summed E-state index contributed by atoms with van der Waals surface area (Å²) in [5.74, 6) is 0. The summed E-state index contributed by atoms with van der Waals surface area (Å²) in [5, 5.41) is 14.1. The van der Waals surface area contributed by atoms with Gasteiger partial charge in [-0.2, -0.15) is 0 Å². The zero-order valence-electron chi connectivity index (χ0n) is 9.51. The average molecular weight is 220 g/mol. The largest absolute Gasteiger partial charge is 0.304 e. The Morgan fingerprint density at radius 3 is 2.62 bits per heavy atom. The molecule has 1 N–H and O–H groups in total. The van der Waals surface area contributed by atoms with E-state index in [4.69, 9.17) is 0 Å². The van der Waals surface area contributed by atoms with E-state index in [0.29, 0.717) is 5.56 Å². The fourth-order valence-electron chi connectivity index (χ4n) is 1.57. The van der Waals surface area contributed by atoms with Crippen LogP contribution in [0.4, 0.5) is 5.69 Å². The molecule has 4 nitrogen and oxygen atoms in total. The Kier molecular flexibility index (Phi) is 4.19. The Morgan fingerprint density at radius 1 is 1.44 bits per heavy atom. The molecule has 0 amide bonds. The normalized spacial score (nSPS) is 14.1. The van der Waals surface area contributed by atoms with Crippen molar-refractivity contribution in [3.05, 3.63) is 52.6 Å². The number of nitro groups is 1. The molecule has 0 saturated heterocycles. The predicted octanol–water partition coefficient (Wildman–Crippen LogP) is 2.82. The number of hydrogen-bond donors (Lipinski definition) is 1. The SMILES string of the molecule is C=CC(C)NC(C)c1ccccc1[N+](=O)[O-]. The quantitative estimate of drug-likeness (QED) is 0.471. The van der Waals surface area contributed by atoms with Crippen molar-refractivity contribution in [1.29, 1.82) is 0 Å². The Labute approximate surface area is 95.1 Å². The minimum absolute atomic E-state index is 0.0744. The molecule has 0 saturated carbocycles. The van der Waals surface area contributed by atoms with Crippen molar-refractivity contribution in [2.45, 2.75) is 25.9 Å². The number of para-hydroxylation sites is 1. The van der Waals surface area contributed by atoms with Gasteiger partial charge in [-0.05, 0) is 13.8 Å². The summed E-state index contributed by atoms with van der Waals surface area (Å²) in [6.07, 6.45) is 1.77. The van der Waals surface area contributed by atoms with E-state index in [1.807, 2.05) is 13.8 Å². The molecular weight excluding hydrogens is 204 g/mol. The molecule has 2 atom stereocenters. The molecule has 2 unspecified atom stereocenters. The summed E-state index contributed by atoms with van der Waals surface area (Å²) in [6, 6.07) is 6.81. The van der Waals surface area contributed by atoms with Crippen LogP contribution in [-0.2, 0) is 0 Å². The van der Waals surface area contributed by atoms with E-state index in [2.05, 4.69) is 11.9 Å². The van der Waals surface area contributed by atoms with Gasteiger partial charge in [0.25, 0.3) is 5.69 Å². The molecule has 0 bridgehead atoms. The highest BCUT2D eigenvalue weighted by molar-refractivity contribution is 5.41. The van der Waals surface area contributed by atoms with Crippen LogP contribution in [0.5, 0.6) is 0 Å². The van der Waals surface area contributed by atoms with E-state index in [9.17, 15) is 10.1 Å². The summed E-state index contributed by atoms with van der Waals surface area (Å²) >= 11 is 0. The van der Waals surface area contributed by atoms with Crippen LogP contribution in [0.2, 0.25) is 0 Å². The van der Waals surface area contributed by atoms with E-state index < -0.39 is 0 Å². The van der Waals surface area contributed by atoms with Crippen LogP contribution in [-0.4, -0.2) is 11.0 Å². The molecule has 1 aromatic carbocycles. The first kappa shape index (κ1) is 12.4. The highest BCUT2D eigenvalue weighted by atomic mass is 16.6. The number of rotatable bonds is 5. The number of nitrogens with one attached hydrogen (secondary N) is 1. The highest BCUT2D eigenvalue weighted by Crippen LogP contribution is 2.24. The van der Waals surface area contributed by atoms with Gasteiger partial charge in [0.05, 0.1) is 4.92 Å². The second-order valence-corrected chi connectivity index (χ2v) is 3.73. The molecule has 0 aliphatic carbocycles. The Hall–Kier alpha value is -1.68. The van der Waals surface area contributed by atoms with Crippen molar-refractivity contribution in [2.75, 3.05) is 0 Å². The van der Waals surface area contributed by atoms with Crippen LogP contribution in [0.3, 0.4) is 0 Å². The fourth-order valence-corrected chi connectivity index (χ4v) is 1.57. The molecule has 86 valence electrons. The molecular formula is C12H16N2O2. The average Bonchev–Trinajstić information content (AvgIpc) is 2.28. The first-order chi connectivity index (χ1) is 7.56. The molecule has 0 spiro atoms. The van der Waals surface area contributed by atoms with Gasteiger partial charge in [0.1, 0.15) is 0 Å². The summed E-state index contributed by atoms with van der Waals surface area (Å²) in [4.78, 5) is 10.5. The lowest BCUT2D eigenvalue weighted by molar-refractivity contribution is -0.385. The van der Waals surface area contributed by atoms with Gasteiger partial charge in [0.15, 0.2) is 0 Å². The van der Waals surface area contributed by atoms with E-state index in [-0.39, 0.29) is 22.7 Å². The van der Waals surface area contributed by atoms with E-state index in [0.717, 1.165) is 0 Å². The Morgan fingerprint density at radius 2 is 2.06 bits per heavy atom. The summed E-state index contributed by atoms with van der Waals surface area (Å²) in [5.41, 5.74) is 0.847. The monoisotopic (exact) mass is 220 g/mol. The van der Waals surface area contributed by atoms with Gasteiger partial charge in [-0.3, -0.25) is 10.1 Å². The zero-order valence-corrected chi connectivity index (χ0v) is 9.51. The van der Waals surface area contributed by atoms with E-state index >= 15 is 0 Å². The third-order valence-corrected chi connectivity index (χ3v) is 2.47. The molecule has 16 heavy (non-hydrogen) atoms. The van der Waals surface area contributed by atoms with Gasteiger partial charge in [-0.25, -0.2) is 0 Å². The van der Waals surface area contributed by atoms with Gasteiger partial charge < -0.3 is 5.32 Å². The van der Waals surface area contributed by atoms with Crippen molar-refractivity contribution >= 4 is 5.69 Å². The minimum atomic E-state index is -0.355. The van der Waals surface area contributed by atoms with Gasteiger partial charge in [0, 0.05) is 23.7 Å². The summed E-state index contributed by atoms with van der Waals surface area (Å²) in [7, 11) is 0. The van der Waals surface area contributed by atoms with Crippen molar-refractivity contribution in [3.8, 4) is 0 Å². The Balaban J connectivity index is 2.94. The van der Waals surface area contributed by atoms with Crippen molar-refractivity contribution in [3.63, 3.8) is 0 Å². The van der Waals surface area contributed by atoms with E-state index in [1.54, 1.807) is 24.3 Å². The van der Waals surface area contributed by atoms with Crippen LogP contribution in [0, 0.1) is 10.1 Å². The molecule has 0 heterocycles. The second-order valence-electron chi connectivity index (χ2n) is 3.73. The van der Waals surface area contributed by atoms with Crippen LogP contribution < -0.4 is 5.32 Å². The summed E-state index contributed by atoms with van der Waals surface area (Å²) in [6.45, 7) is 7.53. The molecule has 0 fully saturated rings. The van der Waals surface area contributed by atoms with Crippen molar-refractivity contribution in [1.82, 2.24) is 5.32 Å². The highest BCUT2D eigenvalue weighted by Gasteiger charge is 2.18. The summed E-state index contributed by atoms with van der Waals surface area (Å²) < 4.78 is 0. The third kappa shape index (κ3) is 2.90. The van der Waals surface area contributed by atoms with Crippen molar-refractivity contribution in [2.24, 2.45) is 0 Å². The molecule has 0 radical (unpaired) electrons. The predicted molar refractivity (Wildman–Crippen MR) is 64.3 cm³/mol. The fraction of sp³-hybridized carbons (Fsp3) is 0.333. The third-order valence-electron chi connectivity index (χ3n) is 2.47. The van der Waals surface area contributed by atoms with Gasteiger partial charge >= 0.3 is 0 Å². The molecule has 4 heteroatoms. The molecule has 0 aliphatic heterocycles. The first-order valence-electron chi connectivity index (χ1n) is 5.18. The topological polar surface area (TPSA) is 55.2 Å². The van der Waals surface area contributed by atoms with Gasteiger partial charge in [0.2, 0.25) is 0 Å². The van der Waals surface area contributed by atoms with Gasteiger partial charge in [-0.15, -0.1) is 6.58 Å². The minimum Gasteiger partial charge on any atom is -0.304 e. The number of nitrogens with zero attached hydrogens (tertiary/aromatic N) is 1. The Bertz CT molecular complexity index is 390. The number of hydrogen-bond acceptors (Lipinski definition) is 3.